The fraction of sp³-hybridized carbons (Fsp3) is 0.400. The number of fused-ring (bicyclic) bond motifs is 3. The molecule has 0 atom stereocenters. The zero-order chi connectivity index (χ0) is 15.0. The molecule has 0 aliphatic heterocycles. The highest BCUT2D eigenvalue weighted by molar-refractivity contribution is 6.08. The molecule has 1 aliphatic rings. The first-order chi connectivity index (χ1) is 10.1. The molecule has 2 aromatic rings. The molecule has 2 N–H and O–H groups in total. The van der Waals surface area contributed by atoms with Crippen molar-refractivity contribution >= 4 is 22.3 Å². The summed E-state index contributed by atoms with van der Waals surface area (Å²) in [5.41, 5.74) is 4.77. The van der Waals surface area contributed by atoms with Crippen molar-refractivity contribution < 1.29 is 10.0 Å². The van der Waals surface area contributed by atoms with Crippen LogP contribution in [0, 0.1) is 17.0 Å². The molecule has 21 heavy (non-hydrogen) atoms. The molecule has 0 saturated heterocycles. The molecule has 0 unspecified atom stereocenters. The van der Waals surface area contributed by atoms with Gasteiger partial charge in [0, 0.05) is 6.07 Å². The number of aryl methyl sites for hydroxylation is 2. The van der Waals surface area contributed by atoms with Crippen molar-refractivity contribution in [3.05, 3.63) is 39.1 Å². The third-order valence-electron chi connectivity index (χ3n) is 3.97. The first-order valence-corrected chi connectivity index (χ1v) is 7.06. The Morgan fingerprint density at radius 1 is 1.43 bits per heavy atom. The molecular formula is C15H17N3O3. The van der Waals surface area contributed by atoms with Crippen molar-refractivity contribution in [1.29, 1.82) is 0 Å². The highest BCUT2D eigenvalue weighted by atomic mass is 16.6. The van der Waals surface area contributed by atoms with Crippen LogP contribution >= 0.6 is 0 Å². The van der Waals surface area contributed by atoms with Gasteiger partial charge in [-0.25, -0.2) is 0 Å². The minimum atomic E-state index is -0.324. The van der Waals surface area contributed by atoms with E-state index in [1.165, 1.54) is 0 Å². The average Bonchev–Trinajstić information content (AvgIpc) is 2.86. The Bertz CT molecular complexity index is 746. The number of aliphatic imine (C=N–C) groups is 1. The van der Waals surface area contributed by atoms with Gasteiger partial charge < -0.3 is 10.1 Å². The van der Waals surface area contributed by atoms with E-state index in [4.69, 9.17) is 5.11 Å². The quantitative estimate of drug-likeness (QED) is 0.671. The number of aromatic amines is 1. The molecule has 6 heteroatoms. The van der Waals surface area contributed by atoms with E-state index in [2.05, 4.69) is 9.98 Å². The lowest BCUT2D eigenvalue weighted by molar-refractivity contribution is -0.383. The number of hydrogen-bond acceptors (Lipinski definition) is 4. The summed E-state index contributed by atoms with van der Waals surface area (Å²) < 4.78 is 0. The molecule has 1 aromatic heterocycles. The van der Waals surface area contributed by atoms with Crippen LogP contribution < -0.4 is 0 Å². The molecule has 0 amide bonds. The van der Waals surface area contributed by atoms with Crippen molar-refractivity contribution in [1.82, 2.24) is 4.98 Å². The minimum absolute atomic E-state index is 0.0121. The largest absolute Gasteiger partial charge is 0.394 e. The molecule has 0 radical (unpaired) electrons. The second kappa shape index (κ2) is 5.29. The number of aromatic nitrogens is 1. The van der Waals surface area contributed by atoms with E-state index in [1.54, 1.807) is 12.1 Å². The van der Waals surface area contributed by atoms with Crippen LogP contribution in [0.2, 0.25) is 0 Å². The summed E-state index contributed by atoms with van der Waals surface area (Å²) in [6, 6.07) is 3.35. The van der Waals surface area contributed by atoms with Crippen LogP contribution in [0.3, 0.4) is 0 Å². The smallest absolute Gasteiger partial charge is 0.279 e. The summed E-state index contributed by atoms with van der Waals surface area (Å²) >= 11 is 0. The summed E-state index contributed by atoms with van der Waals surface area (Å²) in [5.74, 6) is 0. The van der Waals surface area contributed by atoms with Gasteiger partial charge in [0.15, 0.2) is 0 Å². The fourth-order valence-corrected chi connectivity index (χ4v) is 3.04. The number of nitro groups is 1. The van der Waals surface area contributed by atoms with Gasteiger partial charge in [0.1, 0.15) is 0 Å². The number of nitro benzene ring substituents is 1. The van der Waals surface area contributed by atoms with E-state index in [0.717, 1.165) is 47.3 Å². The third-order valence-corrected chi connectivity index (χ3v) is 3.97. The van der Waals surface area contributed by atoms with Crippen LogP contribution in [0.5, 0.6) is 0 Å². The molecule has 0 fully saturated rings. The van der Waals surface area contributed by atoms with Gasteiger partial charge in [-0.05, 0) is 37.3 Å². The Labute approximate surface area is 121 Å². The second-order valence-corrected chi connectivity index (χ2v) is 5.29. The SMILES string of the molecule is Cc1ccc([N+](=O)[O-])c2c3c([nH]c12)C(=NCCO)CCC3. The van der Waals surface area contributed by atoms with Gasteiger partial charge in [-0.2, -0.15) is 0 Å². The highest BCUT2D eigenvalue weighted by Gasteiger charge is 2.26. The lowest BCUT2D eigenvalue weighted by atomic mass is 9.93. The summed E-state index contributed by atoms with van der Waals surface area (Å²) in [5, 5.41) is 20.9. The number of nitrogens with zero attached hydrogens (tertiary/aromatic N) is 2. The summed E-state index contributed by atoms with van der Waals surface area (Å²) in [6.07, 6.45) is 2.58. The first-order valence-electron chi connectivity index (χ1n) is 7.06. The van der Waals surface area contributed by atoms with Crippen LogP contribution in [0.25, 0.3) is 10.9 Å². The molecular weight excluding hydrogens is 270 g/mol. The fourth-order valence-electron chi connectivity index (χ4n) is 3.04. The maximum atomic E-state index is 11.3. The van der Waals surface area contributed by atoms with Gasteiger partial charge in [0.2, 0.25) is 0 Å². The van der Waals surface area contributed by atoms with Crippen molar-refractivity contribution in [2.75, 3.05) is 13.2 Å². The Hall–Kier alpha value is -2.21. The Kier molecular flexibility index (Phi) is 3.47. The number of aliphatic hydroxyl groups excluding tert-OH is 1. The van der Waals surface area contributed by atoms with Crippen LogP contribution in [0.15, 0.2) is 17.1 Å². The van der Waals surface area contributed by atoms with E-state index < -0.39 is 0 Å². The topological polar surface area (TPSA) is 91.5 Å². The van der Waals surface area contributed by atoms with Crippen LogP contribution in [-0.4, -0.2) is 33.9 Å². The molecule has 0 bridgehead atoms. The molecule has 1 heterocycles. The van der Waals surface area contributed by atoms with Gasteiger partial charge in [0.25, 0.3) is 5.69 Å². The number of hydrogen-bond donors (Lipinski definition) is 2. The van der Waals surface area contributed by atoms with Crippen LogP contribution in [0.1, 0.15) is 29.7 Å². The standard InChI is InChI=1S/C15H17N3O3/c1-9-5-6-12(18(20)21)13-10-3-2-4-11(16-7-8-19)15(10)17-14(9)13/h5-6,17,19H,2-4,7-8H2,1H3. The molecule has 6 nitrogen and oxygen atoms in total. The Balaban J connectivity index is 2.28. The van der Waals surface area contributed by atoms with Gasteiger partial charge in [0.05, 0.1) is 40.4 Å². The number of non-ortho nitro benzene ring substituents is 1. The second-order valence-electron chi connectivity index (χ2n) is 5.29. The van der Waals surface area contributed by atoms with E-state index >= 15 is 0 Å². The number of rotatable bonds is 3. The monoisotopic (exact) mass is 287 g/mol. The predicted molar refractivity (Wildman–Crippen MR) is 81.1 cm³/mol. The van der Waals surface area contributed by atoms with Gasteiger partial charge in [-0.15, -0.1) is 0 Å². The average molecular weight is 287 g/mol. The summed E-state index contributed by atoms with van der Waals surface area (Å²) in [4.78, 5) is 18.7. The molecule has 3 rings (SSSR count). The van der Waals surface area contributed by atoms with Crippen molar-refractivity contribution in [3.63, 3.8) is 0 Å². The molecule has 0 saturated carbocycles. The van der Waals surface area contributed by atoms with Crippen LogP contribution in [0.4, 0.5) is 5.69 Å². The number of H-pyrrole nitrogens is 1. The molecule has 1 aliphatic carbocycles. The third kappa shape index (κ3) is 2.21. The lowest BCUT2D eigenvalue weighted by Gasteiger charge is -2.14. The van der Waals surface area contributed by atoms with Gasteiger partial charge in [-0.1, -0.05) is 6.07 Å². The van der Waals surface area contributed by atoms with E-state index in [9.17, 15) is 10.1 Å². The molecule has 0 spiro atoms. The minimum Gasteiger partial charge on any atom is -0.394 e. The number of benzene rings is 1. The normalized spacial score (nSPS) is 16.4. The van der Waals surface area contributed by atoms with E-state index in [1.807, 2.05) is 6.92 Å². The maximum absolute atomic E-state index is 11.3. The molecule has 1 aromatic carbocycles. The number of nitrogens with one attached hydrogen (secondary N) is 1. The Morgan fingerprint density at radius 3 is 2.95 bits per heavy atom. The van der Waals surface area contributed by atoms with E-state index in [-0.39, 0.29) is 17.2 Å². The predicted octanol–water partition coefficient (Wildman–Crippen LogP) is 2.50. The van der Waals surface area contributed by atoms with E-state index in [0.29, 0.717) is 11.9 Å². The van der Waals surface area contributed by atoms with Gasteiger partial charge in [-0.3, -0.25) is 15.1 Å². The van der Waals surface area contributed by atoms with Crippen molar-refractivity contribution in [2.24, 2.45) is 4.99 Å². The van der Waals surface area contributed by atoms with Crippen LogP contribution in [-0.2, 0) is 6.42 Å². The van der Waals surface area contributed by atoms with Gasteiger partial charge >= 0.3 is 0 Å². The number of aliphatic hydroxyl groups is 1. The molecule has 110 valence electrons. The summed E-state index contributed by atoms with van der Waals surface area (Å²) in [6.45, 7) is 2.32. The Morgan fingerprint density at radius 2 is 2.24 bits per heavy atom. The first kappa shape index (κ1) is 13.8. The summed E-state index contributed by atoms with van der Waals surface area (Å²) in [7, 11) is 0. The zero-order valence-corrected chi connectivity index (χ0v) is 11.8. The van der Waals surface area contributed by atoms with Crippen molar-refractivity contribution in [3.8, 4) is 0 Å². The zero-order valence-electron chi connectivity index (χ0n) is 11.8. The highest BCUT2D eigenvalue weighted by Crippen LogP contribution is 2.36. The maximum Gasteiger partial charge on any atom is 0.279 e. The lowest BCUT2D eigenvalue weighted by Crippen LogP contribution is -2.12. The van der Waals surface area contributed by atoms with Crippen molar-refractivity contribution in [2.45, 2.75) is 26.2 Å².